The van der Waals surface area contributed by atoms with Crippen LogP contribution in [0, 0.1) is 5.82 Å². The third kappa shape index (κ3) is 3.93. The summed E-state index contributed by atoms with van der Waals surface area (Å²) in [6.07, 6.45) is 0. The van der Waals surface area contributed by atoms with Crippen molar-refractivity contribution in [2.75, 3.05) is 10.6 Å². The van der Waals surface area contributed by atoms with Gasteiger partial charge in [-0.25, -0.2) is 4.39 Å². The van der Waals surface area contributed by atoms with E-state index in [0.29, 0.717) is 10.0 Å². The Morgan fingerprint density at radius 3 is 2.48 bits per heavy atom. The van der Waals surface area contributed by atoms with E-state index in [9.17, 15) is 14.0 Å². The number of carbonyl (C=O) groups excluding carboxylic acids is 2. The van der Waals surface area contributed by atoms with Crippen LogP contribution in [0.4, 0.5) is 15.8 Å². The van der Waals surface area contributed by atoms with Gasteiger partial charge in [0, 0.05) is 12.6 Å². The number of rotatable bonds is 3. The van der Waals surface area contributed by atoms with Crippen molar-refractivity contribution in [3.63, 3.8) is 0 Å². The van der Waals surface area contributed by atoms with Crippen molar-refractivity contribution in [3.8, 4) is 0 Å². The van der Waals surface area contributed by atoms with E-state index in [1.807, 2.05) is 0 Å². The predicted molar refractivity (Wildman–Crippen MR) is 83.0 cm³/mol. The van der Waals surface area contributed by atoms with Crippen LogP contribution < -0.4 is 10.6 Å². The smallest absolute Gasteiger partial charge is 0.258 e. The van der Waals surface area contributed by atoms with E-state index in [-0.39, 0.29) is 21.5 Å². The maximum atomic E-state index is 13.7. The van der Waals surface area contributed by atoms with Crippen molar-refractivity contribution in [2.45, 2.75) is 6.92 Å². The summed E-state index contributed by atoms with van der Waals surface area (Å²) in [5.41, 5.74) is 0.467. The predicted octanol–water partition coefficient (Wildman–Crippen LogP) is 4.40. The Balaban J connectivity index is 2.24. The number of nitrogens with one attached hydrogen (secondary N) is 2. The summed E-state index contributed by atoms with van der Waals surface area (Å²) < 4.78 is 14.3. The van der Waals surface area contributed by atoms with Crippen LogP contribution in [0.2, 0.25) is 8.67 Å². The molecule has 0 bridgehead atoms. The van der Waals surface area contributed by atoms with Crippen LogP contribution in [0.5, 0.6) is 0 Å². The Hall–Kier alpha value is -1.63. The minimum Gasteiger partial charge on any atom is -0.326 e. The molecule has 110 valence electrons. The lowest BCUT2D eigenvalue weighted by molar-refractivity contribution is -0.114. The molecule has 0 aliphatic carbocycles. The molecule has 4 nitrogen and oxygen atoms in total. The number of thiophene rings is 1. The first-order valence-corrected chi connectivity index (χ1v) is 7.27. The van der Waals surface area contributed by atoms with Gasteiger partial charge in [0.2, 0.25) is 5.91 Å². The first-order chi connectivity index (χ1) is 9.86. The van der Waals surface area contributed by atoms with Gasteiger partial charge in [-0.2, -0.15) is 0 Å². The zero-order chi connectivity index (χ0) is 15.6. The molecule has 0 aliphatic heterocycles. The molecule has 2 aromatic rings. The normalized spacial score (nSPS) is 10.3. The van der Waals surface area contributed by atoms with Crippen molar-refractivity contribution >= 4 is 57.7 Å². The first kappa shape index (κ1) is 15.8. The van der Waals surface area contributed by atoms with Crippen LogP contribution in [0.3, 0.4) is 0 Å². The zero-order valence-electron chi connectivity index (χ0n) is 10.7. The molecular formula is C13H9Cl2FN2O2S. The lowest BCUT2D eigenvalue weighted by Gasteiger charge is -2.08. The van der Waals surface area contributed by atoms with E-state index in [2.05, 4.69) is 10.6 Å². The van der Waals surface area contributed by atoms with Crippen LogP contribution in [-0.2, 0) is 4.79 Å². The van der Waals surface area contributed by atoms with Crippen LogP contribution in [0.25, 0.3) is 0 Å². The Bertz CT molecular complexity index is 718. The van der Waals surface area contributed by atoms with E-state index < -0.39 is 11.7 Å². The Labute approximate surface area is 133 Å². The molecule has 2 N–H and O–H groups in total. The van der Waals surface area contributed by atoms with Gasteiger partial charge >= 0.3 is 0 Å². The molecule has 2 amide bonds. The maximum absolute atomic E-state index is 13.7. The fraction of sp³-hybridized carbons (Fsp3) is 0.0769. The summed E-state index contributed by atoms with van der Waals surface area (Å²) >= 11 is 12.7. The molecule has 0 saturated heterocycles. The molecule has 1 aromatic heterocycles. The summed E-state index contributed by atoms with van der Waals surface area (Å²) in [7, 11) is 0. The number of carbonyl (C=O) groups is 2. The van der Waals surface area contributed by atoms with Crippen LogP contribution in [0.1, 0.15) is 17.3 Å². The summed E-state index contributed by atoms with van der Waals surface area (Å²) in [6, 6.07) is 5.25. The fourth-order valence-electron chi connectivity index (χ4n) is 1.59. The van der Waals surface area contributed by atoms with Gasteiger partial charge < -0.3 is 10.6 Å². The molecule has 0 fully saturated rings. The highest BCUT2D eigenvalue weighted by atomic mass is 35.5. The van der Waals surface area contributed by atoms with Gasteiger partial charge in [0.25, 0.3) is 5.91 Å². The topological polar surface area (TPSA) is 58.2 Å². The van der Waals surface area contributed by atoms with Crippen LogP contribution >= 0.6 is 34.5 Å². The van der Waals surface area contributed by atoms with Gasteiger partial charge in [-0.1, -0.05) is 23.2 Å². The molecule has 0 unspecified atom stereocenters. The van der Waals surface area contributed by atoms with E-state index >= 15 is 0 Å². The lowest BCUT2D eigenvalue weighted by atomic mass is 10.2. The van der Waals surface area contributed by atoms with Crippen molar-refractivity contribution in [1.29, 1.82) is 0 Å². The van der Waals surface area contributed by atoms with Gasteiger partial charge in [0.05, 0.1) is 15.6 Å². The van der Waals surface area contributed by atoms with Crippen molar-refractivity contribution < 1.29 is 14.0 Å². The Kier molecular flexibility index (Phi) is 4.82. The molecule has 0 spiro atoms. The summed E-state index contributed by atoms with van der Waals surface area (Å²) in [5, 5.41) is 4.89. The Morgan fingerprint density at radius 1 is 1.19 bits per heavy atom. The average Bonchev–Trinajstić information content (AvgIpc) is 2.72. The third-order valence-corrected chi connectivity index (χ3v) is 3.92. The highest BCUT2D eigenvalue weighted by molar-refractivity contribution is 7.20. The standard InChI is InChI=1S/C13H9Cl2FN2O2S/c1-6(19)17-7-2-3-9(16)10(4-7)18-13(20)8-5-11(14)21-12(8)15/h2-5H,1H3,(H,17,19)(H,18,20). The number of hydrogen-bond donors (Lipinski definition) is 2. The maximum Gasteiger partial charge on any atom is 0.258 e. The minimum absolute atomic E-state index is 0.0651. The molecule has 0 radical (unpaired) electrons. The number of halogens is 3. The van der Waals surface area contributed by atoms with E-state index in [1.165, 1.54) is 25.1 Å². The van der Waals surface area contributed by atoms with Crippen molar-refractivity contribution in [2.24, 2.45) is 0 Å². The van der Waals surface area contributed by atoms with Crippen LogP contribution in [-0.4, -0.2) is 11.8 Å². The van der Waals surface area contributed by atoms with E-state index in [1.54, 1.807) is 0 Å². The lowest BCUT2D eigenvalue weighted by Crippen LogP contribution is -2.13. The quantitative estimate of drug-likeness (QED) is 0.864. The van der Waals surface area contributed by atoms with Gasteiger partial charge in [-0.3, -0.25) is 9.59 Å². The van der Waals surface area contributed by atoms with Crippen molar-refractivity contribution in [3.05, 3.63) is 44.3 Å². The number of anilines is 2. The summed E-state index contributed by atoms with van der Waals surface area (Å²) in [5.74, 6) is -1.51. The van der Waals surface area contributed by atoms with Gasteiger partial charge in [0.1, 0.15) is 10.2 Å². The molecular weight excluding hydrogens is 338 g/mol. The first-order valence-electron chi connectivity index (χ1n) is 5.70. The van der Waals surface area contributed by atoms with E-state index in [4.69, 9.17) is 23.2 Å². The Morgan fingerprint density at radius 2 is 1.90 bits per heavy atom. The zero-order valence-corrected chi connectivity index (χ0v) is 13.0. The second-order valence-electron chi connectivity index (χ2n) is 4.07. The SMILES string of the molecule is CC(=O)Nc1ccc(F)c(NC(=O)c2cc(Cl)sc2Cl)c1. The van der Waals surface area contributed by atoms with Crippen LogP contribution in [0.15, 0.2) is 24.3 Å². The molecule has 0 saturated carbocycles. The number of hydrogen-bond acceptors (Lipinski definition) is 3. The van der Waals surface area contributed by atoms with Gasteiger partial charge in [-0.15, -0.1) is 11.3 Å². The highest BCUT2D eigenvalue weighted by Crippen LogP contribution is 2.32. The van der Waals surface area contributed by atoms with Gasteiger partial charge in [-0.05, 0) is 24.3 Å². The molecule has 1 heterocycles. The molecule has 21 heavy (non-hydrogen) atoms. The molecule has 2 rings (SSSR count). The van der Waals surface area contributed by atoms with E-state index in [0.717, 1.165) is 17.4 Å². The number of benzene rings is 1. The second kappa shape index (κ2) is 6.43. The molecule has 8 heteroatoms. The molecule has 1 aromatic carbocycles. The molecule has 0 atom stereocenters. The fourth-order valence-corrected chi connectivity index (χ4v) is 3.05. The monoisotopic (exact) mass is 346 g/mol. The second-order valence-corrected chi connectivity index (χ2v) is 6.35. The largest absolute Gasteiger partial charge is 0.326 e. The summed E-state index contributed by atoms with van der Waals surface area (Å²) in [4.78, 5) is 23.0. The van der Waals surface area contributed by atoms with Gasteiger partial charge in [0.15, 0.2) is 0 Å². The summed E-state index contributed by atoms with van der Waals surface area (Å²) in [6.45, 7) is 1.33. The average molecular weight is 347 g/mol. The van der Waals surface area contributed by atoms with Crippen molar-refractivity contribution in [1.82, 2.24) is 0 Å². The third-order valence-electron chi connectivity index (χ3n) is 2.44. The minimum atomic E-state index is -0.630. The molecule has 0 aliphatic rings. The highest BCUT2D eigenvalue weighted by Gasteiger charge is 2.16. The number of amides is 2.